The van der Waals surface area contributed by atoms with Gasteiger partial charge in [-0.3, -0.25) is 9.59 Å². The van der Waals surface area contributed by atoms with E-state index in [0.29, 0.717) is 13.0 Å². The van der Waals surface area contributed by atoms with E-state index in [1.54, 1.807) is 0 Å². The highest BCUT2D eigenvalue weighted by Crippen LogP contribution is 2.18. The first-order valence-electron chi connectivity index (χ1n) is 7.67. The zero-order chi connectivity index (χ0) is 16.4. The molecule has 0 saturated carbocycles. The van der Waals surface area contributed by atoms with Crippen molar-refractivity contribution >= 4 is 11.9 Å². The van der Waals surface area contributed by atoms with E-state index in [4.69, 9.17) is 9.84 Å². The number of hydrogen-bond donors (Lipinski definition) is 2. The second-order valence-electron chi connectivity index (χ2n) is 5.47. The van der Waals surface area contributed by atoms with Crippen molar-refractivity contribution in [1.82, 2.24) is 5.32 Å². The van der Waals surface area contributed by atoms with E-state index < -0.39 is 5.97 Å². The maximum absolute atomic E-state index is 11.7. The number of unbranched alkanes of at least 4 members (excludes halogenated alkanes) is 3. The minimum Gasteiger partial charge on any atom is -0.483 e. The zero-order valence-corrected chi connectivity index (χ0v) is 13.4. The van der Waals surface area contributed by atoms with Crippen molar-refractivity contribution in [2.24, 2.45) is 0 Å². The number of benzene rings is 1. The van der Waals surface area contributed by atoms with Crippen LogP contribution >= 0.6 is 0 Å². The molecule has 0 aliphatic carbocycles. The molecule has 5 heteroatoms. The van der Waals surface area contributed by atoms with Crippen LogP contribution in [0.25, 0.3) is 0 Å². The van der Waals surface area contributed by atoms with Crippen molar-refractivity contribution in [2.45, 2.75) is 46.0 Å². The number of aryl methyl sites for hydroxylation is 2. The van der Waals surface area contributed by atoms with Gasteiger partial charge in [-0.25, -0.2) is 0 Å². The molecule has 0 unspecified atom stereocenters. The summed E-state index contributed by atoms with van der Waals surface area (Å²) in [6.07, 6.45) is 3.57. The predicted molar refractivity (Wildman–Crippen MR) is 85.1 cm³/mol. The zero-order valence-electron chi connectivity index (χ0n) is 13.4. The second kappa shape index (κ2) is 9.82. The fourth-order valence-electron chi connectivity index (χ4n) is 2.04. The topological polar surface area (TPSA) is 75.6 Å². The number of carbonyl (C=O) groups excluding carboxylic acids is 1. The minimum atomic E-state index is -0.753. The van der Waals surface area contributed by atoms with Crippen LogP contribution in [0.2, 0.25) is 0 Å². The molecule has 1 aromatic carbocycles. The Bertz CT molecular complexity index is 499. The monoisotopic (exact) mass is 307 g/mol. The molecular weight excluding hydrogens is 282 g/mol. The van der Waals surface area contributed by atoms with Gasteiger partial charge in [-0.15, -0.1) is 0 Å². The van der Waals surface area contributed by atoms with Gasteiger partial charge in [-0.1, -0.05) is 25.0 Å². The van der Waals surface area contributed by atoms with Gasteiger partial charge in [0, 0.05) is 13.0 Å². The number of carbonyl (C=O) groups is 2. The van der Waals surface area contributed by atoms with Crippen LogP contribution in [0.3, 0.4) is 0 Å². The summed E-state index contributed by atoms with van der Waals surface area (Å²) in [5.41, 5.74) is 2.11. The first-order valence-corrected chi connectivity index (χ1v) is 7.67. The summed E-state index contributed by atoms with van der Waals surface area (Å²) < 4.78 is 5.52. The van der Waals surface area contributed by atoms with Gasteiger partial charge in [0.05, 0.1) is 0 Å². The van der Waals surface area contributed by atoms with Gasteiger partial charge < -0.3 is 15.2 Å². The van der Waals surface area contributed by atoms with Crippen molar-refractivity contribution in [3.63, 3.8) is 0 Å². The van der Waals surface area contributed by atoms with Gasteiger partial charge in [-0.05, 0) is 43.9 Å². The highest BCUT2D eigenvalue weighted by molar-refractivity contribution is 5.77. The van der Waals surface area contributed by atoms with E-state index in [1.807, 2.05) is 32.0 Å². The van der Waals surface area contributed by atoms with Crippen LogP contribution in [0.4, 0.5) is 0 Å². The minimum absolute atomic E-state index is 0.0172. The molecule has 0 aliphatic heterocycles. The summed E-state index contributed by atoms with van der Waals surface area (Å²) in [5.74, 6) is -0.146. The standard InChI is InChI=1S/C17H25NO4/c1-13-8-9-14(2)15(11-13)22-12-16(19)18-10-6-4-3-5-7-17(20)21/h8-9,11H,3-7,10,12H2,1-2H3,(H,18,19)(H,20,21). The lowest BCUT2D eigenvalue weighted by atomic mass is 10.1. The third-order valence-corrected chi connectivity index (χ3v) is 3.34. The summed E-state index contributed by atoms with van der Waals surface area (Å²) in [6.45, 7) is 4.55. The normalized spacial score (nSPS) is 10.3. The summed E-state index contributed by atoms with van der Waals surface area (Å²) >= 11 is 0. The molecule has 2 N–H and O–H groups in total. The Hall–Kier alpha value is -2.04. The molecule has 0 fully saturated rings. The van der Waals surface area contributed by atoms with Crippen LogP contribution < -0.4 is 10.1 Å². The molecule has 0 spiro atoms. The Balaban J connectivity index is 2.11. The number of amides is 1. The molecule has 0 aromatic heterocycles. The van der Waals surface area contributed by atoms with E-state index in [1.165, 1.54) is 0 Å². The van der Waals surface area contributed by atoms with Gasteiger partial charge in [-0.2, -0.15) is 0 Å². The number of rotatable bonds is 10. The maximum Gasteiger partial charge on any atom is 0.303 e. The lowest BCUT2D eigenvalue weighted by Gasteiger charge is -2.10. The molecule has 5 nitrogen and oxygen atoms in total. The smallest absolute Gasteiger partial charge is 0.303 e. The highest BCUT2D eigenvalue weighted by Gasteiger charge is 2.05. The molecule has 0 atom stereocenters. The number of aliphatic carboxylic acids is 1. The van der Waals surface area contributed by atoms with Crippen molar-refractivity contribution in [3.05, 3.63) is 29.3 Å². The average Bonchev–Trinajstić information content (AvgIpc) is 2.47. The Morgan fingerprint density at radius 1 is 1.14 bits per heavy atom. The van der Waals surface area contributed by atoms with Crippen LogP contribution in [0.1, 0.15) is 43.2 Å². The molecule has 1 rings (SSSR count). The number of carboxylic acid groups (broad SMARTS) is 1. The molecular formula is C17H25NO4. The summed E-state index contributed by atoms with van der Waals surface area (Å²) in [5, 5.41) is 11.3. The summed E-state index contributed by atoms with van der Waals surface area (Å²) in [4.78, 5) is 22.0. The third kappa shape index (κ3) is 7.67. The van der Waals surface area contributed by atoms with E-state index in [9.17, 15) is 9.59 Å². The predicted octanol–water partition coefficient (Wildman–Crippen LogP) is 2.83. The van der Waals surface area contributed by atoms with Crippen LogP contribution in [0.5, 0.6) is 5.75 Å². The Morgan fingerprint density at radius 3 is 2.59 bits per heavy atom. The Kier molecular flexibility index (Phi) is 8.04. The number of hydrogen-bond acceptors (Lipinski definition) is 3. The number of carboxylic acids is 1. The lowest BCUT2D eigenvalue weighted by Crippen LogP contribution is -2.29. The van der Waals surface area contributed by atoms with Crippen LogP contribution in [-0.2, 0) is 9.59 Å². The first-order chi connectivity index (χ1) is 10.5. The molecule has 22 heavy (non-hydrogen) atoms. The van der Waals surface area contributed by atoms with Crippen molar-refractivity contribution < 1.29 is 19.4 Å². The average molecular weight is 307 g/mol. The highest BCUT2D eigenvalue weighted by atomic mass is 16.5. The fourth-order valence-corrected chi connectivity index (χ4v) is 2.04. The van der Waals surface area contributed by atoms with Crippen LogP contribution in [0, 0.1) is 13.8 Å². The van der Waals surface area contributed by atoms with Crippen molar-refractivity contribution in [2.75, 3.05) is 13.2 Å². The van der Waals surface area contributed by atoms with Crippen LogP contribution in [0.15, 0.2) is 18.2 Å². The molecule has 0 heterocycles. The summed E-state index contributed by atoms with van der Waals surface area (Å²) in [7, 11) is 0. The molecule has 1 aromatic rings. The van der Waals surface area contributed by atoms with E-state index in [2.05, 4.69) is 5.32 Å². The van der Waals surface area contributed by atoms with Crippen LogP contribution in [-0.4, -0.2) is 30.1 Å². The van der Waals surface area contributed by atoms with E-state index in [-0.39, 0.29) is 18.9 Å². The second-order valence-corrected chi connectivity index (χ2v) is 5.47. The van der Waals surface area contributed by atoms with Gasteiger partial charge in [0.1, 0.15) is 5.75 Å². The third-order valence-electron chi connectivity index (χ3n) is 3.34. The van der Waals surface area contributed by atoms with Gasteiger partial charge in [0.25, 0.3) is 5.91 Å². The fraction of sp³-hybridized carbons (Fsp3) is 0.529. The quantitative estimate of drug-likeness (QED) is 0.652. The van der Waals surface area contributed by atoms with Gasteiger partial charge in [0.15, 0.2) is 6.61 Å². The van der Waals surface area contributed by atoms with Gasteiger partial charge in [0.2, 0.25) is 0 Å². The SMILES string of the molecule is Cc1ccc(C)c(OCC(=O)NCCCCCCC(=O)O)c1. The number of ether oxygens (including phenoxy) is 1. The van der Waals surface area contributed by atoms with Gasteiger partial charge >= 0.3 is 5.97 Å². The maximum atomic E-state index is 11.7. The molecule has 1 amide bonds. The molecule has 0 aliphatic rings. The Morgan fingerprint density at radius 2 is 1.86 bits per heavy atom. The lowest BCUT2D eigenvalue weighted by molar-refractivity contribution is -0.137. The molecule has 0 radical (unpaired) electrons. The van der Waals surface area contributed by atoms with E-state index in [0.717, 1.165) is 36.1 Å². The molecule has 0 bridgehead atoms. The molecule has 0 saturated heterocycles. The Labute approximate surface area is 131 Å². The molecule has 122 valence electrons. The van der Waals surface area contributed by atoms with Crippen molar-refractivity contribution in [3.8, 4) is 5.75 Å². The number of nitrogens with one attached hydrogen (secondary N) is 1. The van der Waals surface area contributed by atoms with Crippen molar-refractivity contribution in [1.29, 1.82) is 0 Å². The van der Waals surface area contributed by atoms with E-state index >= 15 is 0 Å². The first kappa shape index (κ1) is 18.0. The summed E-state index contributed by atoms with van der Waals surface area (Å²) in [6, 6.07) is 5.90. The largest absolute Gasteiger partial charge is 0.483 e.